The van der Waals surface area contributed by atoms with Crippen molar-refractivity contribution in [1.82, 2.24) is 9.80 Å². The number of amides is 2. The molecule has 2 fully saturated rings. The fraction of sp³-hybridized carbons (Fsp3) is 0.500. The zero-order valence-corrected chi connectivity index (χ0v) is 17.7. The summed E-state index contributed by atoms with van der Waals surface area (Å²) in [5.41, 5.74) is 2.26. The molecule has 2 amide bonds. The van der Waals surface area contributed by atoms with Gasteiger partial charge < -0.3 is 19.1 Å². The van der Waals surface area contributed by atoms with Gasteiger partial charge in [0.2, 0.25) is 5.91 Å². The molecule has 30 heavy (non-hydrogen) atoms. The van der Waals surface area contributed by atoms with Gasteiger partial charge in [0.05, 0.1) is 44.4 Å². The molecule has 3 heterocycles. The minimum atomic E-state index is -0.719. The molecule has 1 aromatic rings. The summed E-state index contributed by atoms with van der Waals surface area (Å²) in [6.07, 6.45) is 1.25. The number of methoxy groups -OCH3 is 2. The van der Waals surface area contributed by atoms with Crippen LogP contribution >= 0.6 is 0 Å². The maximum Gasteiger partial charge on any atom is 0.411 e. The number of carbonyl (C=O) groups excluding carboxylic acids is 2. The highest BCUT2D eigenvalue weighted by molar-refractivity contribution is 5.93. The van der Waals surface area contributed by atoms with Gasteiger partial charge in [-0.3, -0.25) is 9.69 Å². The number of rotatable bonds is 3. The quantitative estimate of drug-likeness (QED) is 0.759. The van der Waals surface area contributed by atoms with E-state index in [0.29, 0.717) is 23.6 Å². The first-order valence-electron chi connectivity index (χ1n) is 10.0. The molecule has 0 unspecified atom stereocenters. The number of fused-ring (bicyclic) bond motifs is 5. The monoisotopic (exact) mass is 411 g/mol. The zero-order valence-electron chi connectivity index (χ0n) is 17.7. The third kappa shape index (κ3) is 2.72. The van der Waals surface area contributed by atoms with Crippen LogP contribution in [0.15, 0.2) is 17.8 Å². The van der Waals surface area contributed by atoms with Crippen molar-refractivity contribution >= 4 is 18.1 Å². The number of carbonyl (C=O) groups is 2. The van der Waals surface area contributed by atoms with Gasteiger partial charge in [-0.05, 0) is 45.4 Å². The van der Waals surface area contributed by atoms with E-state index in [2.05, 4.69) is 6.07 Å². The van der Waals surface area contributed by atoms with E-state index in [1.165, 1.54) is 4.90 Å². The third-order valence-electron chi connectivity index (χ3n) is 6.05. The number of ether oxygens (including phenoxy) is 3. The average Bonchev–Trinajstić information content (AvgIpc) is 3.06. The SMILES string of the molecule is COc1ccc(OC)c2c1C=C1[C@H]3[C@H](C#N)C[C@@H](C(=O)N1[C@H]2C)N3C(=O)OC(C)C. The van der Waals surface area contributed by atoms with E-state index in [1.807, 2.05) is 25.1 Å². The lowest BCUT2D eigenvalue weighted by molar-refractivity contribution is -0.139. The van der Waals surface area contributed by atoms with Gasteiger partial charge in [-0.25, -0.2) is 4.79 Å². The number of hydrogen-bond donors (Lipinski definition) is 0. The second-order valence-electron chi connectivity index (χ2n) is 8.02. The van der Waals surface area contributed by atoms with Gasteiger partial charge in [0, 0.05) is 16.8 Å². The first-order valence-corrected chi connectivity index (χ1v) is 10.0. The van der Waals surface area contributed by atoms with Gasteiger partial charge >= 0.3 is 6.09 Å². The van der Waals surface area contributed by atoms with E-state index in [1.54, 1.807) is 33.0 Å². The predicted molar refractivity (Wildman–Crippen MR) is 108 cm³/mol. The number of benzene rings is 1. The highest BCUT2D eigenvalue weighted by Gasteiger charge is 2.58. The van der Waals surface area contributed by atoms with Gasteiger partial charge in [-0.15, -0.1) is 0 Å². The predicted octanol–water partition coefficient (Wildman–Crippen LogP) is 3.09. The second-order valence-corrected chi connectivity index (χ2v) is 8.02. The van der Waals surface area contributed by atoms with Crippen molar-refractivity contribution in [2.45, 2.75) is 51.4 Å². The van der Waals surface area contributed by atoms with Crippen LogP contribution in [0.1, 0.15) is 44.4 Å². The smallest absolute Gasteiger partial charge is 0.411 e. The molecule has 0 aromatic heterocycles. The van der Waals surface area contributed by atoms with E-state index < -0.39 is 24.1 Å². The van der Waals surface area contributed by atoms with Crippen molar-refractivity contribution in [3.8, 4) is 17.6 Å². The Morgan fingerprint density at radius 3 is 2.50 bits per heavy atom. The molecule has 0 N–H and O–H groups in total. The molecule has 0 aliphatic carbocycles. The van der Waals surface area contributed by atoms with E-state index in [0.717, 1.165) is 11.1 Å². The van der Waals surface area contributed by atoms with Crippen molar-refractivity contribution in [2.75, 3.05) is 14.2 Å². The Kier molecular flexibility index (Phi) is 4.85. The summed E-state index contributed by atoms with van der Waals surface area (Å²) in [6.45, 7) is 5.44. The summed E-state index contributed by atoms with van der Waals surface area (Å²) in [6, 6.07) is 4.31. The number of nitriles is 1. The molecule has 4 rings (SSSR count). The van der Waals surface area contributed by atoms with Crippen molar-refractivity contribution in [2.24, 2.45) is 5.92 Å². The van der Waals surface area contributed by atoms with Gasteiger partial charge in [-0.2, -0.15) is 5.26 Å². The third-order valence-corrected chi connectivity index (χ3v) is 6.05. The average molecular weight is 411 g/mol. The molecule has 8 nitrogen and oxygen atoms in total. The summed E-state index contributed by atoms with van der Waals surface area (Å²) in [5, 5.41) is 9.78. The van der Waals surface area contributed by atoms with Gasteiger partial charge in [0.15, 0.2) is 0 Å². The van der Waals surface area contributed by atoms with Crippen LogP contribution in [-0.2, 0) is 9.53 Å². The lowest BCUT2D eigenvalue weighted by Crippen LogP contribution is -2.59. The van der Waals surface area contributed by atoms with Crippen LogP contribution in [0.3, 0.4) is 0 Å². The fourth-order valence-corrected chi connectivity index (χ4v) is 4.87. The summed E-state index contributed by atoms with van der Waals surface area (Å²) in [7, 11) is 3.17. The number of nitrogens with zero attached hydrogens (tertiary/aromatic N) is 3. The molecule has 8 heteroatoms. The molecule has 2 bridgehead atoms. The maximum absolute atomic E-state index is 13.5. The molecule has 0 saturated carbocycles. The van der Waals surface area contributed by atoms with Crippen molar-refractivity contribution in [3.63, 3.8) is 0 Å². The normalized spacial score (nSPS) is 26.6. The maximum atomic E-state index is 13.5. The molecular formula is C22H25N3O5. The number of piperazine rings is 1. The lowest BCUT2D eigenvalue weighted by atomic mass is 9.88. The summed E-state index contributed by atoms with van der Waals surface area (Å²) in [4.78, 5) is 29.5. The zero-order chi connectivity index (χ0) is 21.7. The van der Waals surface area contributed by atoms with Crippen molar-refractivity contribution < 1.29 is 23.8 Å². The van der Waals surface area contributed by atoms with Crippen LogP contribution in [0.2, 0.25) is 0 Å². The topological polar surface area (TPSA) is 92.1 Å². The molecular weight excluding hydrogens is 386 g/mol. The van der Waals surface area contributed by atoms with E-state index in [-0.39, 0.29) is 18.1 Å². The van der Waals surface area contributed by atoms with Crippen LogP contribution in [0.25, 0.3) is 6.08 Å². The molecule has 0 spiro atoms. The molecule has 3 aliphatic rings. The molecule has 4 atom stereocenters. The largest absolute Gasteiger partial charge is 0.496 e. The fourth-order valence-electron chi connectivity index (χ4n) is 4.87. The van der Waals surface area contributed by atoms with E-state index in [4.69, 9.17) is 14.2 Å². The Morgan fingerprint density at radius 2 is 1.90 bits per heavy atom. The van der Waals surface area contributed by atoms with Gasteiger partial charge in [-0.1, -0.05) is 0 Å². The molecule has 1 aromatic carbocycles. The summed E-state index contributed by atoms with van der Waals surface area (Å²) in [5.74, 6) is 0.591. The summed E-state index contributed by atoms with van der Waals surface area (Å²) < 4.78 is 16.5. The Morgan fingerprint density at radius 1 is 1.23 bits per heavy atom. The van der Waals surface area contributed by atoms with Crippen molar-refractivity contribution in [1.29, 1.82) is 5.26 Å². The van der Waals surface area contributed by atoms with Crippen LogP contribution in [0, 0.1) is 17.2 Å². The molecule has 0 radical (unpaired) electrons. The standard InChI is InChI=1S/C22H25N3O5/c1-11(2)30-22(27)25-16-8-13(10-23)20(25)15-9-14-17(28-4)6-7-18(29-5)19(14)12(3)24(15)21(16)26/h6-7,9,11-13,16,20H,8H2,1-5H3/t12-,13-,16-,20+/m0/s1. The summed E-state index contributed by atoms with van der Waals surface area (Å²) >= 11 is 0. The highest BCUT2D eigenvalue weighted by atomic mass is 16.6. The molecule has 3 aliphatic heterocycles. The molecule has 2 saturated heterocycles. The Labute approximate surface area is 175 Å². The number of hydrogen-bond acceptors (Lipinski definition) is 6. The lowest BCUT2D eigenvalue weighted by Gasteiger charge is -2.47. The minimum Gasteiger partial charge on any atom is -0.496 e. The van der Waals surface area contributed by atoms with E-state index in [9.17, 15) is 14.9 Å². The van der Waals surface area contributed by atoms with Crippen LogP contribution < -0.4 is 9.47 Å². The molecule has 158 valence electrons. The van der Waals surface area contributed by atoms with Gasteiger partial charge in [0.25, 0.3) is 0 Å². The van der Waals surface area contributed by atoms with Crippen LogP contribution in [0.4, 0.5) is 4.79 Å². The van der Waals surface area contributed by atoms with E-state index >= 15 is 0 Å². The first-order chi connectivity index (χ1) is 14.3. The van der Waals surface area contributed by atoms with Crippen molar-refractivity contribution in [3.05, 3.63) is 29.0 Å². The second kappa shape index (κ2) is 7.24. The highest BCUT2D eigenvalue weighted by Crippen LogP contribution is 2.51. The Balaban J connectivity index is 1.91. The first kappa shape index (κ1) is 20.1. The van der Waals surface area contributed by atoms with Gasteiger partial charge in [0.1, 0.15) is 17.5 Å². The minimum absolute atomic E-state index is 0.209. The Bertz CT molecular complexity index is 980. The Hall–Kier alpha value is -3.21. The van der Waals surface area contributed by atoms with Crippen LogP contribution in [-0.4, -0.2) is 54.2 Å². The van der Waals surface area contributed by atoms with Crippen LogP contribution in [0.5, 0.6) is 11.5 Å².